The zero-order valence-electron chi connectivity index (χ0n) is 15.2. The summed E-state index contributed by atoms with van der Waals surface area (Å²) in [4.78, 5) is 26.8. The van der Waals surface area contributed by atoms with Crippen LogP contribution in [0.3, 0.4) is 0 Å². The molecular weight excluding hydrogens is 336 g/mol. The smallest absolute Gasteiger partial charge is 0.232 e. The van der Waals surface area contributed by atoms with Gasteiger partial charge in [-0.1, -0.05) is 19.3 Å². The third-order valence-corrected chi connectivity index (χ3v) is 7.43. The number of rotatable bonds is 5. The van der Waals surface area contributed by atoms with E-state index in [0.717, 1.165) is 45.3 Å². The Labute approximate surface area is 154 Å². The maximum Gasteiger partial charge on any atom is 0.232 e. The van der Waals surface area contributed by atoms with Crippen molar-refractivity contribution in [1.29, 1.82) is 0 Å². The summed E-state index contributed by atoms with van der Waals surface area (Å²) < 4.78 is 6.38. The lowest BCUT2D eigenvalue weighted by atomic mass is 9.73. The average molecular weight is 367 g/mol. The number of nitrogens with one attached hydrogen (secondary N) is 1. The first-order valence-electron chi connectivity index (χ1n) is 9.85. The molecular formula is C19H30N2O3S. The molecule has 0 aromatic carbocycles. The number of nitrogens with zero attached hydrogens (tertiary/aromatic N) is 1. The van der Waals surface area contributed by atoms with Crippen LogP contribution in [0.15, 0.2) is 0 Å². The van der Waals surface area contributed by atoms with Gasteiger partial charge in [0.25, 0.3) is 0 Å². The monoisotopic (exact) mass is 366 g/mol. The third-order valence-electron chi connectivity index (χ3n) is 6.89. The van der Waals surface area contributed by atoms with Gasteiger partial charge in [-0.05, 0) is 31.9 Å². The number of carbonyl (C=O) groups is 2. The molecule has 4 atom stereocenters. The normalized spacial score (nSPS) is 37.3. The van der Waals surface area contributed by atoms with Crippen LogP contribution in [0.1, 0.15) is 44.9 Å². The summed E-state index contributed by atoms with van der Waals surface area (Å²) in [6.45, 7) is 2.28. The summed E-state index contributed by atoms with van der Waals surface area (Å²) in [5.74, 6) is 2.00. The Morgan fingerprint density at radius 1 is 1.24 bits per heavy atom. The number of carbonyl (C=O) groups excluding carboxylic acids is 2. The first kappa shape index (κ1) is 17.7. The molecule has 4 aliphatic rings. The van der Waals surface area contributed by atoms with Crippen LogP contribution in [-0.4, -0.2) is 60.1 Å². The average Bonchev–Trinajstić information content (AvgIpc) is 3.29. The van der Waals surface area contributed by atoms with Crippen molar-refractivity contribution in [3.8, 4) is 0 Å². The highest BCUT2D eigenvalue weighted by molar-refractivity contribution is 7.99. The minimum atomic E-state index is -0.126. The van der Waals surface area contributed by atoms with Gasteiger partial charge in [0, 0.05) is 30.8 Å². The molecule has 1 spiro atoms. The minimum absolute atomic E-state index is 0.126. The fraction of sp³-hybridized carbons (Fsp3) is 0.895. The SMILES string of the molecule is CSCC(=O)N1C[C@@H]2[C@H](CNC(=O)C3CCCCC3)[C@H]3CC[C@]2(C1)O3. The van der Waals surface area contributed by atoms with E-state index in [1.54, 1.807) is 11.8 Å². The molecule has 5 nitrogen and oxygen atoms in total. The highest BCUT2D eigenvalue weighted by Crippen LogP contribution is 2.54. The second kappa shape index (κ2) is 7.10. The standard InChI is InChI=1S/C19H30N2O3S/c1-25-11-17(22)21-10-15-14(16-7-8-19(15,12-21)24-16)9-20-18(23)13-5-3-2-4-6-13/h13-16H,2-12H2,1H3,(H,20,23)/t14-,15+,16+,19+/m0/s1. The fourth-order valence-electron chi connectivity index (χ4n) is 5.60. The Bertz CT molecular complexity index is 537. The van der Waals surface area contributed by atoms with E-state index in [0.29, 0.717) is 17.6 Å². The summed E-state index contributed by atoms with van der Waals surface area (Å²) in [5, 5.41) is 3.23. The van der Waals surface area contributed by atoms with E-state index in [1.807, 2.05) is 11.2 Å². The molecule has 4 rings (SSSR count). The maximum atomic E-state index is 12.5. The van der Waals surface area contributed by atoms with Gasteiger partial charge < -0.3 is 15.0 Å². The number of thioether (sulfide) groups is 1. The van der Waals surface area contributed by atoms with Crippen molar-refractivity contribution >= 4 is 23.6 Å². The van der Waals surface area contributed by atoms with Crippen LogP contribution in [0.4, 0.5) is 0 Å². The lowest BCUT2D eigenvalue weighted by molar-refractivity contribution is -0.129. The van der Waals surface area contributed by atoms with Crippen LogP contribution in [0.2, 0.25) is 0 Å². The van der Waals surface area contributed by atoms with Crippen LogP contribution in [0.25, 0.3) is 0 Å². The molecule has 6 heteroatoms. The summed E-state index contributed by atoms with van der Waals surface area (Å²) in [5.41, 5.74) is -0.126. The van der Waals surface area contributed by atoms with E-state index < -0.39 is 0 Å². The van der Waals surface area contributed by atoms with E-state index in [-0.39, 0.29) is 29.4 Å². The molecule has 0 unspecified atom stereocenters. The van der Waals surface area contributed by atoms with Crippen molar-refractivity contribution in [1.82, 2.24) is 10.2 Å². The number of likely N-dealkylation sites (tertiary alicyclic amines) is 1. The predicted molar refractivity (Wildman–Crippen MR) is 98.4 cm³/mol. The van der Waals surface area contributed by atoms with Gasteiger partial charge in [-0.3, -0.25) is 9.59 Å². The van der Waals surface area contributed by atoms with E-state index in [1.165, 1.54) is 19.3 Å². The molecule has 0 aromatic heterocycles. The van der Waals surface area contributed by atoms with E-state index in [2.05, 4.69) is 5.32 Å². The van der Waals surface area contributed by atoms with Crippen LogP contribution in [0.5, 0.6) is 0 Å². The predicted octanol–water partition coefficient (Wildman–Crippen LogP) is 2.05. The molecule has 1 aliphatic carbocycles. The number of amides is 2. The number of hydrogen-bond donors (Lipinski definition) is 1. The van der Waals surface area contributed by atoms with Crippen molar-refractivity contribution < 1.29 is 14.3 Å². The van der Waals surface area contributed by atoms with Crippen LogP contribution < -0.4 is 5.32 Å². The second-order valence-corrected chi connectivity index (χ2v) is 9.18. The number of hydrogen-bond acceptors (Lipinski definition) is 4. The van der Waals surface area contributed by atoms with Gasteiger partial charge >= 0.3 is 0 Å². The molecule has 4 fully saturated rings. The lowest BCUT2D eigenvalue weighted by Crippen LogP contribution is -2.43. The molecule has 140 valence electrons. The highest BCUT2D eigenvalue weighted by atomic mass is 32.2. The van der Waals surface area contributed by atoms with E-state index in [4.69, 9.17) is 4.74 Å². The third kappa shape index (κ3) is 3.20. The van der Waals surface area contributed by atoms with Gasteiger partial charge in [0.1, 0.15) is 0 Å². The van der Waals surface area contributed by atoms with Crippen LogP contribution in [-0.2, 0) is 14.3 Å². The maximum absolute atomic E-state index is 12.5. The fourth-order valence-corrected chi connectivity index (χ4v) is 6.03. The molecule has 1 N–H and O–H groups in total. The quantitative estimate of drug-likeness (QED) is 0.809. The molecule has 1 saturated carbocycles. The Balaban J connectivity index is 1.36. The van der Waals surface area contributed by atoms with Crippen molar-refractivity contribution in [2.24, 2.45) is 17.8 Å². The van der Waals surface area contributed by atoms with Crippen molar-refractivity contribution in [3.05, 3.63) is 0 Å². The highest BCUT2D eigenvalue weighted by Gasteiger charge is 2.63. The van der Waals surface area contributed by atoms with Gasteiger partial charge in [0.05, 0.1) is 24.0 Å². The largest absolute Gasteiger partial charge is 0.369 e. The zero-order valence-corrected chi connectivity index (χ0v) is 16.0. The Morgan fingerprint density at radius 2 is 2.04 bits per heavy atom. The van der Waals surface area contributed by atoms with Crippen molar-refractivity contribution in [3.63, 3.8) is 0 Å². The van der Waals surface area contributed by atoms with E-state index in [9.17, 15) is 9.59 Å². The summed E-state index contributed by atoms with van der Waals surface area (Å²) in [6.07, 6.45) is 10.1. The number of ether oxygens (including phenoxy) is 1. The molecule has 2 amide bonds. The lowest BCUT2D eigenvalue weighted by Gasteiger charge is -2.30. The molecule has 3 saturated heterocycles. The van der Waals surface area contributed by atoms with Crippen LogP contribution in [0, 0.1) is 17.8 Å². The van der Waals surface area contributed by atoms with Gasteiger partial charge in [0.15, 0.2) is 0 Å². The Morgan fingerprint density at radius 3 is 2.80 bits per heavy atom. The van der Waals surface area contributed by atoms with Crippen LogP contribution >= 0.6 is 11.8 Å². The number of fused-ring (bicyclic) bond motifs is 1. The Hall–Kier alpha value is -0.750. The summed E-state index contributed by atoms with van der Waals surface area (Å²) >= 11 is 1.58. The first-order chi connectivity index (χ1) is 12.1. The molecule has 0 aromatic rings. The van der Waals surface area contributed by atoms with Crippen molar-refractivity contribution in [2.75, 3.05) is 31.6 Å². The first-order valence-corrected chi connectivity index (χ1v) is 11.2. The van der Waals surface area contributed by atoms with Gasteiger partial charge in [0.2, 0.25) is 11.8 Å². The molecule has 25 heavy (non-hydrogen) atoms. The summed E-state index contributed by atoms with van der Waals surface area (Å²) in [6, 6.07) is 0. The van der Waals surface area contributed by atoms with E-state index >= 15 is 0 Å². The molecule has 3 heterocycles. The van der Waals surface area contributed by atoms with Gasteiger partial charge in [-0.25, -0.2) is 0 Å². The molecule has 3 aliphatic heterocycles. The minimum Gasteiger partial charge on any atom is -0.369 e. The topological polar surface area (TPSA) is 58.6 Å². The Kier molecular flexibility index (Phi) is 5.02. The second-order valence-electron chi connectivity index (χ2n) is 8.32. The molecule has 2 bridgehead atoms. The molecule has 0 radical (unpaired) electrons. The van der Waals surface area contributed by atoms with Crippen molar-refractivity contribution in [2.45, 2.75) is 56.7 Å². The van der Waals surface area contributed by atoms with Gasteiger partial charge in [-0.2, -0.15) is 11.8 Å². The summed E-state index contributed by atoms with van der Waals surface area (Å²) in [7, 11) is 0. The zero-order chi connectivity index (χ0) is 17.4. The van der Waals surface area contributed by atoms with Gasteiger partial charge in [-0.15, -0.1) is 0 Å².